The van der Waals surface area contributed by atoms with Gasteiger partial charge in [0.25, 0.3) is 11.8 Å². The van der Waals surface area contributed by atoms with Crippen molar-refractivity contribution in [1.29, 1.82) is 15.8 Å². The Morgan fingerprint density at radius 2 is 0.929 bits per heavy atom. The number of nitrogens with one attached hydrogen (secondary N) is 1. The molecule has 4 aromatic heterocycles. The van der Waals surface area contributed by atoms with Gasteiger partial charge in [-0.2, -0.15) is 118 Å². The monoisotopic (exact) mass is 2010 g/mol. The number of aryl methyl sites for hydroxylation is 3. The molecule has 3 amide bonds. The number of H-pyrrole nitrogens is 1. The number of halogens is 4. The van der Waals surface area contributed by atoms with E-state index in [1.54, 1.807) is 11.8 Å². The number of fused-ring (bicyclic) bond motifs is 6. The van der Waals surface area contributed by atoms with E-state index >= 15 is 0 Å². The molecule has 0 saturated carbocycles. The molecular weight excluding hydrogens is 1880 g/mol. The lowest BCUT2D eigenvalue weighted by Crippen LogP contribution is -2.55. The summed E-state index contributed by atoms with van der Waals surface area (Å²) >= 11 is 0. The molecule has 1 unspecified atom stereocenters. The molecule has 0 spiro atoms. The number of hydrogen-bond acceptors (Lipinski definition) is 25. The van der Waals surface area contributed by atoms with Crippen molar-refractivity contribution in [3.05, 3.63) is 178 Å². The quantitative estimate of drug-likeness (QED) is 0.0487. The van der Waals surface area contributed by atoms with E-state index in [4.69, 9.17) is 44.1 Å². The average molecular weight is 2010 g/mol. The third kappa shape index (κ3) is 24.1. The fraction of sp³-hybridized carbons (Fsp3) is 0.500. The molecule has 13 heterocycles. The number of allylic oxidation sites excluding steroid dienone is 1. The number of aromatic nitrogens is 8. The van der Waals surface area contributed by atoms with E-state index in [2.05, 4.69) is 222 Å². The number of nitriles is 3. The zero-order valence-corrected chi connectivity index (χ0v) is 86.9. The van der Waals surface area contributed by atoms with E-state index in [9.17, 15) is 47.7 Å². The predicted molar refractivity (Wildman–Crippen MR) is 567 cm³/mol. The molecule has 5 aromatic carbocycles. The fourth-order valence-electron chi connectivity index (χ4n) is 21.8. The minimum absolute atomic E-state index is 0. The Morgan fingerprint density at radius 1 is 0.514 bits per heavy atom. The van der Waals surface area contributed by atoms with Crippen LogP contribution in [-0.4, -0.2) is 275 Å². The van der Waals surface area contributed by atoms with Gasteiger partial charge in [0, 0.05) is 173 Å². The third-order valence-electron chi connectivity index (χ3n) is 28.5. The van der Waals surface area contributed by atoms with Gasteiger partial charge in [-0.05, 0) is 157 Å². The first kappa shape index (κ1) is 109. The van der Waals surface area contributed by atoms with Gasteiger partial charge in [0.1, 0.15) is 49.6 Å². The molecule has 18 rings (SSSR count). The number of benzene rings is 5. The van der Waals surface area contributed by atoms with Crippen LogP contribution >= 0.6 is 67.5 Å². The normalized spacial score (nSPS) is 21.7. The van der Waals surface area contributed by atoms with Crippen LogP contribution in [0.25, 0.3) is 32.4 Å². The molecule has 9 aliphatic rings. The van der Waals surface area contributed by atoms with Gasteiger partial charge in [0.2, 0.25) is 5.91 Å². The van der Waals surface area contributed by atoms with Crippen LogP contribution in [-0.2, 0) is 53.3 Å². The second-order valence-electron chi connectivity index (χ2n) is 39.0. The van der Waals surface area contributed by atoms with E-state index in [1.165, 1.54) is 77.1 Å². The van der Waals surface area contributed by atoms with Crippen molar-refractivity contribution in [1.82, 2.24) is 69.5 Å². The number of piperazine rings is 3. The summed E-state index contributed by atoms with van der Waals surface area (Å²) in [6, 6.07) is 34.3. The van der Waals surface area contributed by atoms with Gasteiger partial charge in [0.15, 0.2) is 11.7 Å². The number of carbonyl (C=O) groups excluding carboxylic acids is 3. The van der Waals surface area contributed by atoms with Gasteiger partial charge >= 0.3 is 18.0 Å². The first-order valence-electron chi connectivity index (χ1n) is 47.1. The SMILES string of the molecule is C=C(F)C(=O)N1CCN(c2nc(OC[C@@H]3CC(C)(C)CN3C)nc3c2CCN(c2cccc4cccc(C)c24)C3)C[C@@H]1CC#N.C=C(F)C(=O)N1CCN(c2nc(OC[C@@H]3C[C@H](C)CN3C)nc3c2CCN(c2cccc4cccc(C)c24)C3)C[C@@H]1CC#N.Cc1cc2[nH]ncc2c(N2CCc3c(nc(OC[C@@H]4CC(C)(F)CN4C)nc3N3CCN(C(=O)/C=C/CF)[C@@H](CC#N)C3)C2)c1C.S.S.S.S.S. The first-order chi connectivity index (χ1) is 64.8. The number of anilines is 6. The number of carbonyl (C=O) groups is 3. The highest BCUT2D eigenvalue weighted by Crippen LogP contribution is 2.44. The lowest BCUT2D eigenvalue weighted by Gasteiger charge is -2.42. The lowest BCUT2D eigenvalue weighted by molar-refractivity contribution is -0.132. The van der Waals surface area contributed by atoms with Gasteiger partial charge in [-0.25, -0.2) is 17.6 Å². The largest absolute Gasteiger partial charge is 0.462 e. The van der Waals surface area contributed by atoms with Crippen LogP contribution in [0.1, 0.15) is 122 Å². The molecule has 29 nitrogen and oxygen atoms in total. The molecular formula is C102H133F4N23O6S5. The maximum Gasteiger partial charge on any atom is 0.318 e. The Morgan fingerprint density at radius 3 is 1.34 bits per heavy atom. The van der Waals surface area contributed by atoms with Crippen molar-refractivity contribution in [3.8, 4) is 36.2 Å². The summed E-state index contributed by atoms with van der Waals surface area (Å²) in [5, 5.41) is 42.0. The van der Waals surface area contributed by atoms with E-state index in [0.29, 0.717) is 122 Å². The number of ether oxygens (including phenoxy) is 3. The Kier molecular flexibility index (Phi) is 36.9. The highest BCUT2D eigenvalue weighted by atomic mass is 32.1. The van der Waals surface area contributed by atoms with Gasteiger partial charge in [-0.1, -0.05) is 94.6 Å². The maximum absolute atomic E-state index is 14.8. The third-order valence-corrected chi connectivity index (χ3v) is 28.5. The standard InChI is InChI=1S/C35H42FN7O2.C34H40FN7O2.C33H41F2N9O2.5H2S/c1-23-8-6-9-25-10-7-11-30(31(23)25)41-15-13-28-29(20-41)38-34(45-21-27-18-35(3,4)22-40(27)5)39-32(28)42-16-17-43(33(44)24(2)36)26(19-42)12-14-37;1-22-17-27(39(4)18-22)21-44-34-37-29-20-40(30-10-6-9-25-8-5-7-23(2)31(25)30)14-12-28(29)32(38-34)41-15-16-42(33(43)24(3)35)26(19-41)11-13-36;1-21-14-27-26(16-37-40-27)30(22(21)2)42-11-8-25-28(18-42)38-32(46-19-24-15-33(3,35)20-41(24)4)39-31(25)43-12-13-44(23(17-43)7-10-36)29(45)6-5-9-34;;;;;/h6-11,26-27H,2,12-13,15-22H2,1,3-5H3;5-10,22,26-27H,3,11-12,14-21H2,1-2,4H3;5-6,14,16,23-24H,7-9,11-13,15,17-20H2,1-4H3,(H,37,40);5*1H2/b;;6-5+;;;;;/t26-,27-;22-,26-,27-;23-,24-,33?;;;;;/m000...../s1. The number of likely N-dealkylation sites (tertiary alicyclic amines) is 3. The number of hydrogen-bond donors (Lipinski definition) is 1. The minimum atomic E-state index is -1.28. The van der Waals surface area contributed by atoms with E-state index in [-0.39, 0.29) is 142 Å². The molecule has 9 aromatic rings. The summed E-state index contributed by atoms with van der Waals surface area (Å²) in [6.45, 7) is 33.8. The first-order valence-corrected chi connectivity index (χ1v) is 47.1. The van der Waals surface area contributed by atoms with Crippen LogP contribution < -0.4 is 43.6 Å². The van der Waals surface area contributed by atoms with E-state index < -0.39 is 47.9 Å². The van der Waals surface area contributed by atoms with Crippen molar-refractivity contribution in [2.45, 2.75) is 175 Å². The highest BCUT2D eigenvalue weighted by molar-refractivity contribution is 7.60. The van der Waals surface area contributed by atoms with Gasteiger partial charge in [-0.3, -0.25) is 34.2 Å². The molecule has 9 aliphatic heterocycles. The molecule has 0 bridgehead atoms. The second-order valence-corrected chi connectivity index (χ2v) is 39.0. The Labute approximate surface area is 853 Å². The number of rotatable bonds is 22. The lowest BCUT2D eigenvalue weighted by atomic mass is 9.91. The molecule has 1 N–H and O–H groups in total. The van der Waals surface area contributed by atoms with Crippen LogP contribution in [0.4, 0.5) is 52.1 Å². The molecule has 0 radical (unpaired) electrons. The average Bonchev–Trinajstić information content (AvgIpc) is 1.14. The summed E-state index contributed by atoms with van der Waals surface area (Å²) < 4.78 is 74.1. The fourth-order valence-corrected chi connectivity index (χ4v) is 21.8. The highest BCUT2D eigenvalue weighted by Gasteiger charge is 2.44. The molecule has 140 heavy (non-hydrogen) atoms. The number of likely N-dealkylation sites (N-methyl/N-ethyl adjacent to an activating group) is 3. The smallest absolute Gasteiger partial charge is 0.318 e. The molecule has 8 atom stereocenters. The van der Waals surface area contributed by atoms with Crippen molar-refractivity contribution >= 4 is 152 Å². The van der Waals surface area contributed by atoms with Gasteiger partial charge < -0.3 is 58.3 Å². The Bertz CT molecular complexity index is 6150. The van der Waals surface area contributed by atoms with Crippen molar-refractivity contribution < 1.29 is 46.2 Å². The summed E-state index contributed by atoms with van der Waals surface area (Å²) in [6.07, 6.45) is 9.22. The minimum Gasteiger partial charge on any atom is -0.462 e. The summed E-state index contributed by atoms with van der Waals surface area (Å²) in [5.74, 6) is -0.929. The molecule has 6 saturated heterocycles. The Balaban J connectivity index is 0.000000197. The Hall–Kier alpha value is -11.0. The van der Waals surface area contributed by atoms with Gasteiger partial charge in [-0.15, -0.1) is 0 Å². The summed E-state index contributed by atoms with van der Waals surface area (Å²) in [4.78, 5) is 92.2. The molecule has 38 heteroatoms. The van der Waals surface area contributed by atoms with Crippen molar-refractivity contribution in [3.63, 3.8) is 0 Å². The number of aromatic amines is 1. The van der Waals surface area contributed by atoms with E-state index in [1.807, 2.05) is 18.1 Å². The van der Waals surface area contributed by atoms with Gasteiger partial charge in [0.05, 0.1) is 110 Å². The van der Waals surface area contributed by atoms with Crippen LogP contribution in [0.2, 0.25) is 0 Å². The zero-order valence-electron chi connectivity index (χ0n) is 81.9. The molecule has 0 aliphatic carbocycles. The molecule has 6 fully saturated rings. The topological polar surface area (TPSA) is 295 Å². The second kappa shape index (κ2) is 47.3. The summed E-state index contributed by atoms with van der Waals surface area (Å²) in [5.41, 5.74) is 14.0. The molecule has 750 valence electrons. The van der Waals surface area contributed by atoms with Crippen LogP contribution in [0.5, 0.6) is 18.0 Å². The van der Waals surface area contributed by atoms with E-state index in [0.717, 1.165) is 126 Å². The van der Waals surface area contributed by atoms with Crippen molar-refractivity contribution in [2.24, 2.45) is 11.3 Å². The van der Waals surface area contributed by atoms with Crippen LogP contribution in [0, 0.1) is 73.0 Å². The number of amides is 3. The van der Waals surface area contributed by atoms with Crippen molar-refractivity contribution in [2.75, 3.05) is 175 Å². The number of nitrogens with zero attached hydrogens (tertiary/aromatic N) is 22. The van der Waals surface area contributed by atoms with Crippen LogP contribution in [0.3, 0.4) is 0 Å². The number of alkyl halides is 2. The maximum atomic E-state index is 14.8. The van der Waals surface area contributed by atoms with Crippen LogP contribution in [0.15, 0.2) is 122 Å². The summed E-state index contributed by atoms with van der Waals surface area (Å²) in [7, 11) is 6.16. The predicted octanol–water partition coefficient (Wildman–Crippen LogP) is 14.0. The zero-order chi connectivity index (χ0) is 95.4.